The molecule has 1 aromatic carbocycles. The van der Waals surface area contributed by atoms with Crippen molar-refractivity contribution in [3.05, 3.63) is 42.3 Å². The van der Waals surface area contributed by atoms with Gasteiger partial charge in [0.05, 0.1) is 17.3 Å². The monoisotopic (exact) mass is 221 g/mol. The SMILES string of the molecule is O=C1OC(=O)c2ccccc21.[CH2]CC(N)N. The van der Waals surface area contributed by atoms with Crippen LogP contribution in [0.5, 0.6) is 0 Å². The summed E-state index contributed by atoms with van der Waals surface area (Å²) in [4.78, 5) is 21.7. The Balaban J connectivity index is 0.000000221. The van der Waals surface area contributed by atoms with Crippen LogP contribution < -0.4 is 11.5 Å². The molecular weight excluding hydrogens is 208 g/mol. The van der Waals surface area contributed by atoms with Crippen LogP contribution in [-0.4, -0.2) is 18.1 Å². The average Bonchev–Trinajstić information content (AvgIpc) is 2.56. The van der Waals surface area contributed by atoms with Crippen molar-refractivity contribution in [2.24, 2.45) is 11.5 Å². The van der Waals surface area contributed by atoms with Gasteiger partial charge in [0.15, 0.2) is 0 Å². The molecule has 0 atom stereocenters. The van der Waals surface area contributed by atoms with E-state index in [1.165, 1.54) is 0 Å². The van der Waals surface area contributed by atoms with E-state index in [1.54, 1.807) is 24.3 Å². The summed E-state index contributed by atoms with van der Waals surface area (Å²) in [5, 5.41) is 0. The molecule has 1 aliphatic heterocycles. The van der Waals surface area contributed by atoms with Crippen molar-refractivity contribution in [1.29, 1.82) is 0 Å². The van der Waals surface area contributed by atoms with Crippen molar-refractivity contribution in [3.8, 4) is 0 Å². The minimum atomic E-state index is -0.550. The number of ether oxygens (including phenoxy) is 1. The second-order valence-corrected chi connectivity index (χ2v) is 3.18. The topological polar surface area (TPSA) is 95.4 Å². The zero-order valence-corrected chi connectivity index (χ0v) is 8.68. The third kappa shape index (κ3) is 2.88. The van der Waals surface area contributed by atoms with Crippen LogP contribution in [0.3, 0.4) is 0 Å². The van der Waals surface area contributed by atoms with Crippen LogP contribution in [0, 0.1) is 6.92 Å². The van der Waals surface area contributed by atoms with Crippen molar-refractivity contribution in [2.45, 2.75) is 12.6 Å². The van der Waals surface area contributed by atoms with Gasteiger partial charge in [0.25, 0.3) is 0 Å². The van der Waals surface area contributed by atoms with E-state index < -0.39 is 11.9 Å². The molecule has 0 saturated carbocycles. The summed E-state index contributed by atoms with van der Waals surface area (Å²) in [6.45, 7) is 3.44. The molecule has 0 fully saturated rings. The summed E-state index contributed by atoms with van der Waals surface area (Å²) < 4.78 is 4.35. The summed E-state index contributed by atoms with van der Waals surface area (Å²) in [7, 11) is 0. The van der Waals surface area contributed by atoms with Gasteiger partial charge in [-0.3, -0.25) is 0 Å². The van der Waals surface area contributed by atoms with Crippen LogP contribution in [0.4, 0.5) is 0 Å². The third-order valence-corrected chi connectivity index (χ3v) is 1.89. The summed E-state index contributed by atoms with van der Waals surface area (Å²) in [5.41, 5.74) is 10.7. The molecule has 1 aromatic rings. The van der Waals surface area contributed by atoms with Gasteiger partial charge in [0.2, 0.25) is 0 Å². The maximum Gasteiger partial charge on any atom is 0.346 e. The molecule has 16 heavy (non-hydrogen) atoms. The van der Waals surface area contributed by atoms with Crippen molar-refractivity contribution in [2.75, 3.05) is 0 Å². The number of cyclic esters (lactones) is 2. The minimum Gasteiger partial charge on any atom is -0.386 e. The van der Waals surface area contributed by atoms with E-state index in [9.17, 15) is 9.59 Å². The normalized spacial score (nSPS) is 13.0. The molecule has 1 aliphatic rings. The number of carbonyl (C=O) groups excluding carboxylic acids is 2. The first kappa shape index (κ1) is 12.4. The van der Waals surface area contributed by atoms with Crippen LogP contribution in [0.1, 0.15) is 27.1 Å². The highest BCUT2D eigenvalue weighted by Gasteiger charge is 2.28. The number of hydrogen-bond donors (Lipinski definition) is 2. The van der Waals surface area contributed by atoms with E-state index >= 15 is 0 Å². The van der Waals surface area contributed by atoms with Gasteiger partial charge < -0.3 is 16.2 Å². The highest BCUT2D eigenvalue weighted by atomic mass is 16.6. The number of carbonyl (C=O) groups is 2. The van der Waals surface area contributed by atoms with Gasteiger partial charge in [-0.05, 0) is 18.6 Å². The molecule has 5 nitrogen and oxygen atoms in total. The van der Waals surface area contributed by atoms with Crippen molar-refractivity contribution < 1.29 is 14.3 Å². The Morgan fingerprint density at radius 3 is 1.81 bits per heavy atom. The van der Waals surface area contributed by atoms with Crippen molar-refractivity contribution in [3.63, 3.8) is 0 Å². The van der Waals surface area contributed by atoms with Gasteiger partial charge in [-0.1, -0.05) is 19.1 Å². The molecule has 85 valence electrons. The molecule has 0 unspecified atom stereocenters. The molecule has 0 saturated heterocycles. The molecule has 0 aliphatic carbocycles. The predicted molar refractivity (Wildman–Crippen MR) is 58.3 cm³/mol. The first-order valence-corrected chi connectivity index (χ1v) is 4.72. The lowest BCUT2D eigenvalue weighted by Crippen LogP contribution is -2.28. The molecule has 0 bridgehead atoms. The zero-order chi connectivity index (χ0) is 12.1. The molecule has 2 rings (SSSR count). The van der Waals surface area contributed by atoms with Gasteiger partial charge in [0.1, 0.15) is 0 Å². The smallest absolute Gasteiger partial charge is 0.346 e. The number of rotatable bonds is 1. The predicted octanol–water partition coefficient (Wildman–Crippen LogP) is 0.451. The fourth-order valence-corrected chi connectivity index (χ4v) is 1.03. The Morgan fingerprint density at radius 1 is 1.12 bits per heavy atom. The van der Waals surface area contributed by atoms with E-state index in [1.807, 2.05) is 0 Å². The standard InChI is InChI=1S/C8H4O3.C3H9N2/c9-7-5-3-1-2-4-6(5)8(10)11-7;1-2-3(4)5/h1-4H;3H,1-2,4-5H2. The number of hydrogen-bond acceptors (Lipinski definition) is 5. The number of esters is 2. The lowest BCUT2D eigenvalue weighted by molar-refractivity contribution is 0.0444. The Kier molecular flexibility index (Phi) is 4.16. The summed E-state index contributed by atoms with van der Waals surface area (Å²) in [6.07, 6.45) is 0.384. The van der Waals surface area contributed by atoms with Crippen LogP contribution in [0.2, 0.25) is 0 Å². The van der Waals surface area contributed by atoms with E-state index in [-0.39, 0.29) is 6.17 Å². The Morgan fingerprint density at radius 2 is 1.50 bits per heavy atom. The zero-order valence-electron chi connectivity index (χ0n) is 8.68. The third-order valence-electron chi connectivity index (χ3n) is 1.89. The summed E-state index contributed by atoms with van der Waals surface area (Å²) in [6, 6.07) is 6.53. The van der Waals surface area contributed by atoms with E-state index in [2.05, 4.69) is 11.7 Å². The van der Waals surface area contributed by atoms with E-state index in [0.717, 1.165) is 0 Å². The molecule has 1 heterocycles. The van der Waals surface area contributed by atoms with E-state index in [4.69, 9.17) is 11.5 Å². The van der Waals surface area contributed by atoms with Gasteiger partial charge >= 0.3 is 11.9 Å². The van der Waals surface area contributed by atoms with Gasteiger partial charge in [0, 0.05) is 0 Å². The molecule has 0 spiro atoms. The summed E-state index contributed by atoms with van der Waals surface area (Å²) >= 11 is 0. The molecule has 1 radical (unpaired) electrons. The minimum absolute atomic E-state index is 0.227. The number of nitrogens with two attached hydrogens (primary N) is 2. The largest absolute Gasteiger partial charge is 0.386 e. The van der Waals surface area contributed by atoms with E-state index in [0.29, 0.717) is 17.5 Å². The molecule has 4 N–H and O–H groups in total. The summed E-state index contributed by atoms with van der Waals surface area (Å²) in [5.74, 6) is -1.10. The number of fused-ring (bicyclic) bond motifs is 1. The van der Waals surface area contributed by atoms with Crippen LogP contribution in [0.15, 0.2) is 24.3 Å². The molecule has 0 amide bonds. The Bertz CT molecular complexity index is 369. The lowest BCUT2D eigenvalue weighted by Gasteiger charge is -1.92. The van der Waals surface area contributed by atoms with Crippen LogP contribution in [-0.2, 0) is 4.74 Å². The van der Waals surface area contributed by atoms with Crippen LogP contribution >= 0.6 is 0 Å². The Hall–Kier alpha value is -1.72. The first-order valence-electron chi connectivity index (χ1n) is 4.72. The van der Waals surface area contributed by atoms with Crippen LogP contribution in [0.25, 0.3) is 0 Å². The maximum atomic E-state index is 10.8. The van der Waals surface area contributed by atoms with Crippen molar-refractivity contribution in [1.82, 2.24) is 0 Å². The molecule has 0 aromatic heterocycles. The first-order chi connectivity index (χ1) is 7.56. The quantitative estimate of drug-likeness (QED) is 0.408. The average molecular weight is 221 g/mol. The van der Waals surface area contributed by atoms with Gasteiger partial charge in [-0.2, -0.15) is 0 Å². The van der Waals surface area contributed by atoms with Crippen molar-refractivity contribution >= 4 is 11.9 Å². The fourth-order valence-electron chi connectivity index (χ4n) is 1.03. The second kappa shape index (κ2) is 5.39. The highest BCUT2D eigenvalue weighted by molar-refractivity contribution is 6.14. The van der Waals surface area contributed by atoms with Gasteiger partial charge in [-0.15, -0.1) is 0 Å². The fraction of sp³-hybridized carbons (Fsp3) is 0.182. The Labute approximate surface area is 93.4 Å². The maximum absolute atomic E-state index is 10.8. The highest BCUT2D eigenvalue weighted by Crippen LogP contribution is 2.18. The lowest BCUT2D eigenvalue weighted by atomic mass is 10.1. The number of benzene rings is 1. The second-order valence-electron chi connectivity index (χ2n) is 3.18. The molecular formula is C11H13N2O3. The van der Waals surface area contributed by atoms with Gasteiger partial charge in [-0.25, -0.2) is 9.59 Å². The molecule has 5 heteroatoms.